The quantitative estimate of drug-likeness (QED) is 0.789. The summed E-state index contributed by atoms with van der Waals surface area (Å²) in [6.07, 6.45) is 0. The average Bonchev–Trinajstić information content (AvgIpc) is 3.00. The number of anilines is 1. The zero-order valence-corrected chi connectivity index (χ0v) is 16.5. The number of aryl methyl sites for hydroxylation is 1. The van der Waals surface area contributed by atoms with Crippen LogP contribution >= 0.6 is 0 Å². The number of hydrogen-bond acceptors (Lipinski definition) is 5. The van der Waals surface area contributed by atoms with Crippen molar-refractivity contribution in [3.8, 4) is 0 Å². The van der Waals surface area contributed by atoms with Crippen LogP contribution in [0.2, 0.25) is 0 Å². The SMILES string of the molecule is Cc1ccc(N2C(=O)C(c3ccccc3)=C(N3CCN(CCO)CC3)C2=O)cc1. The molecule has 1 fully saturated rings. The van der Waals surface area contributed by atoms with Gasteiger partial charge in [0.25, 0.3) is 11.8 Å². The van der Waals surface area contributed by atoms with Crippen LogP contribution in [0.25, 0.3) is 5.57 Å². The number of carbonyl (C=O) groups is 2. The molecule has 6 nitrogen and oxygen atoms in total. The largest absolute Gasteiger partial charge is 0.395 e. The Kier molecular flexibility index (Phi) is 5.47. The van der Waals surface area contributed by atoms with Gasteiger partial charge in [-0.1, -0.05) is 48.0 Å². The first-order chi connectivity index (χ1) is 14.1. The molecule has 1 saturated heterocycles. The van der Waals surface area contributed by atoms with E-state index in [-0.39, 0.29) is 18.4 Å². The lowest BCUT2D eigenvalue weighted by Crippen LogP contribution is -2.48. The fraction of sp³-hybridized carbons (Fsp3) is 0.304. The Hall–Kier alpha value is -2.96. The Labute approximate surface area is 170 Å². The summed E-state index contributed by atoms with van der Waals surface area (Å²) in [4.78, 5) is 32.3. The maximum absolute atomic E-state index is 13.4. The summed E-state index contributed by atoms with van der Waals surface area (Å²) in [5, 5.41) is 9.17. The molecule has 0 atom stereocenters. The minimum atomic E-state index is -0.280. The number of rotatable bonds is 5. The van der Waals surface area contributed by atoms with Crippen LogP contribution in [0.3, 0.4) is 0 Å². The number of benzene rings is 2. The van der Waals surface area contributed by atoms with Crippen LogP contribution in [-0.4, -0.2) is 66.1 Å². The predicted octanol–water partition coefficient (Wildman–Crippen LogP) is 1.89. The highest BCUT2D eigenvalue weighted by molar-refractivity contribution is 6.45. The minimum absolute atomic E-state index is 0.122. The number of piperazine rings is 1. The van der Waals surface area contributed by atoms with Crippen molar-refractivity contribution in [2.45, 2.75) is 6.92 Å². The molecule has 29 heavy (non-hydrogen) atoms. The molecule has 1 N–H and O–H groups in total. The third-order valence-corrected chi connectivity index (χ3v) is 5.52. The van der Waals surface area contributed by atoms with E-state index in [4.69, 9.17) is 0 Å². The van der Waals surface area contributed by atoms with E-state index in [1.807, 2.05) is 66.4 Å². The lowest BCUT2D eigenvalue weighted by Gasteiger charge is -2.36. The summed E-state index contributed by atoms with van der Waals surface area (Å²) < 4.78 is 0. The summed E-state index contributed by atoms with van der Waals surface area (Å²) >= 11 is 0. The van der Waals surface area contributed by atoms with Crippen molar-refractivity contribution >= 4 is 23.1 Å². The Morgan fingerprint density at radius 1 is 0.862 bits per heavy atom. The van der Waals surface area contributed by atoms with Crippen LogP contribution in [0.15, 0.2) is 60.3 Å². The highest BCUT2D eigenvalue weighted by atomic mass is 16.3. The molecule has 2 aliphatic heterocycles. The van der Waals surface area contributed by atoms with Gasteiger partial charge in [0.15, 0.2) is 0 Å². The Morgan fingerprint density at radius 3 is 2.14 bits per heavy atom. The van der Waals surface area contributed by atoms with Gasteiger partial charge in [-0.15, -0.1) is 0 Å². The van der Waals surface area contributed by atoms with Crippen molar-refractivity contribution in [1.29, 1.82) is 0 Å². The minimum Gasteiger partial charge on any atom is -0.395 e. The molecule has 2 aromatic rings. The molecule has 4 rings (SSSR count). The van der Waals surface area contributed by atoms with Gasteiger partial charge in [0.1, 0.15) is 5.70 Å². The third-order valence-electron chi connectivity index (χ3n) is 5.52. The van der Waals surface area contributed by atoms with E-state index in [9.17, 15) is 14.7 Å². The van der Waals surface area contributed by atoms with Crippen molar-refractivity contribution in [1.82, 2.24) is 9.80 Å². The van der Waals surface area contributed by atoms with Gasteiger partial charge in [-0.05, 0) is 24.6 Å². The number of nitrogens with zero attached hydrogens (tertiary/aromatic N) is 3. The molecule has 0 bridgehead atoms. The van der Waals surface area contributed by atoms with Gasteiger partial charge < -0.3 is 10.0 Å². The molecule has 2 amide bonds. The van der Waals surface area contributed by atoms with Crippen molar-refractivity contribution in [3.63, 3.8) is 0 Å². The molecule has 0 unspecified atom stereocenters. The molecule has 2 aromatic carbocycles. The summed E-state index contributed by atoms with van der Waals surface area (Å²) in [5.74, 6) is -0.550. The molecule has 2 aliphatic rings. The second-order valence-electron chi connectivity index (χ2n) is 7.42. The van der Waals surface area contributed by atoms with Crippen LogP contribution in [-0.2, 0) is 9.59 Å². The van der Waals surface area contributed by atoms with E-state index in [1.165, 1.54) is 4.90 Å². The lowest BCUT2D eigenvalue weighted by molar-refractivity contribution is -0.120. The first kappa shape index (κ1) is 19.4. The predicted molar refractivity (Wildman–Crippen MR) is 112 cm³/mol. The van der Waals surface area contributed by atoms with Crippen LogP contribution in [0.5, 0.6) is 0 Å². The normalized spacial score (nSPS) is 18.1. The fourth-order valence-corrected chi connectivity index (χ4v) is 3.94. The number of carbonyl (C=O) groups excluding carboxylic acids is 2. The van der Waals surface area contributed by atoms with E-state index in [2.05, 4.69) is 4.90 Å². The summed E-state index contributed by atoms with van der Waals surface area (Å²) in [6.45, 7) is 5.51. The van der Waals surface area contributed by atoms with E-state index >= 15 is 0 Å². The zero-order chi connectivity index (χ0) is 20.4. The van der Waals surface area contributed by atoms with Crippen molar-refractivity contribution in [3.05, 3.63) is 71.4 Å². The molecule has 6 heteroatoms. The van der Waals surface area contributed by atoms with Gasteiger partial charge in [0, 0.05) is 32.7 Å². The van der Waals surface area contributed by atoms with Crippen LogP contribution in [0, 0.1) is 6.92 Å². The summed E-state index contributed by atoms with van der Waals surface area (Å²) in [7, 11) is 0. The van der Waals surface area contributed by atoms with Crippen LogP contribution in [0.1, 0.15) is 11.1 Å². The van der Waals surface area contributed by atoms with Crippen molar-refractivity contribution in [2.75, 3.05) is 44.2 Å². The number of amides is 2. The monoisotopic (exact) mass is 391 g/mol. The zero-order valence-electron chi connectivity index (χ0n) is 16.5. The van der Waals surface area contributed by atoms with Gasteiger partial charge in [0.2, 0.25) is 0 Å². The maximum Gasteiger partial charge on any atom is 0.282 e. The smallest absolute Gasteiger partial charge is 0.282 e. The Morgan fingerprint density at radius 2 is 1.52 bits per heavy atom. The molecule has 0 saturated carbocycles. The summed E-state index contributed by atoms with van der Waals surface area (Å²) in [6, 6.07) is 16.9. The van der Waals surface area contributed by atoms with Gasteiger partial charge in [0.05, 0.1) is 17.9 Å². The molecule has 150 valence electrons. The van der Waals surface area contributed by atoms with Crippen molar-refractivity contribution < 1.29 is 14.7 Å². The number of aliphatic hydroxyl groups excluding tert-OH is 1. The standard InChI is InChI=1S/C23H25N3O3/c1-17-7-9-19(10-8-17)26-22(28)20(18-5-3-2-4-6-18)21(23(26)29)25-13-11-24(12-14-25)15-16-27/h2-10,27H,11-16H2,1H3. The van der Waals surface area contributed by atoms with Crippen LogP contribution < -0.4 is 4.90 Å². The number of aliphatic hydroxyl groups is 1. The second kappa shape index (κ2) is 8.19. The fourth-order valence-electron chi connectivity index (χ4n) is 3.94. The van der Waals surface area contributed by atoms with Gasteiger partial charge in [-0.3, -0.25) is 14.5 Å². The first-order valence-corrected chi connectivity index (χ1v) is 9.93. The molecule has 0 aromatic heterocycles. The molecule has 0 spiro atoms. The van der Waals surface area contributed by atoms with Gasteiger partial charge in [-0.2, -0.15) is 0 Å². The number of hydrogen-bond donors (Lipinski definition) is 1. The molecular formula is C23H25N3O3. The summed E-state index contributed by atoms with van der Waals surface area (Å²) in [5.41, 5.74) is 3.36. The molecule has 2 heterocycles. The lowest BCUT2D eigenvalue weighted by atomic mass is 10.0. The highest BCUT2D eigenvalue weighted by Crippen LogP contribution is 2.35. The first-order valence-electron chi connectivity index (χ1n) is 9.93. The topological polar surface area (TPSA) is 64.1 Å². The van der Waals surface area contributed by atoms with E-state index in [0.717, 1.165) is 24.2 Å². The number of β-amino-alcohol motifs (C(OH)–C–C–N with tert-alkyl or cyclic N) is 1. The van der Waals surface area contributed by atoms with Gasteiger partial charge >= 0.3 is 0 Å². The van der Waals surface area contributed by atoms with E-state index in [1.54, 1.807) is 0 Å². The van der Waals surface area contributed by atoms with Crippen molar-refractivity contribution in [2.24, 2.45) is 0 Å². The highest BCUT2D eigenvalue weighted by Gasteiger charge is 2.42. The number of imide groups is 1. The molecular weight excluding hydrogens is 366 g/mol. The van der Waals surface area contributed by atoms with E-state index in [0.29, 0.717) is 36.6 Å². The second-order valence-corrected chi connectivity index (χ2v) is 7.42. The third kappa shape index (κ3) is 3.69. The van der Waals surface area contributed by atoms with Gasteiger partial charge in [-0.25, -0.2) is 4.90 Å². The Bertz CT molecular complexity index is 930. The average molecular weight is 391 g/mol. The maximum atomic E-state index is 13.4. The molecule has 0 radical (unpaired) electrons. The van der Waals surface area contributed by atoms with Crippen LogP contribution in [0.4, 0.5) is 5.69 Å². The molecule has 0 aliphatic carbocycles. The van der Waals surface area contributed by atoms with E-state index < -0.39 is 0 Å². The Balaban J connectivity index is 1.72.